The predicted molar refractivity (Wildman–Crippen MR) is 117 cm³/mol. The van der Waals surface area contributed by atoms with Gasteiger partial charge in [0, 0.05) is 35.3 Å². The van der Waals surface area contributed by atoms with Crippen molar-refractivity contribution >= 4 is 34.0 Å². The average Bonchev–Trinajstić information content (AvgIpc) is 3.11. The Kier molecular flexibility index (Phi) is 4.30. The first-order valence-corrected chi connectivity index (χ1v) is 9.48. The Morgan fingerprint density at radius 2 is 1.55 bits per heavy atom. The van der Waals surface area contributed by atoms with Crippen LogP contribution in [0.5, 0.6) is 0 Å². The molecule has 0 aliphatic carbocycles. The molecule has 0 radical (unpaired) electrons. The summed E-state index contributed by atoms with van der Waals surface area (Å²) in [7, 11) is 0. The van der Waals surface area contributed by atoms with Crippen LogP contribution in [-0.4, -0.2) is 9.55 Å². The monoisotopic (exact) mass is 378 g/mol. The van der Waals surface area contributed by atoms with Crippen molar-refractivity contribution in [2.75, 3.05) is 0 Å². The van der Waals surface area contributed by atoms with E-state index in [0.717, 1.165) is 23.0 Å². The SMILES string of the molecule is O=c1nc(/C=C/c2cn(Cc3ccccc3)c3ccccc23)oc2ccccc12. The van der Waals surface area contributed by atoms with Gasteiger partial charge in [-0.15, -0.1) is 0 Å². The van der Waals surface area contributed by atoms with Crippen molar-refractivity contribution in [3.63, 3.8) is 0 Å². The molecule has 0 unspecified atom stereocenters. The third-order valence-corrected chi connectivity index (χ3v) is 4.96. The van der Waals surface area contributed by atoms with E-state index in [9.17, 15) is 4.79 Å². The number of nitrogens with zero attached hydrogens (tertiary/aromatic N) is 2. The van der Waals surface area contributed by atoms with E-state index < -0.39 is 0 Å². The summed E-state index contributed by atoms with van der Waals surface area (Å²) in [5.74, 6) is 0.300. The molecule has 0 amide bonds. The van der Waals surface area contributed by atoms with Crippen LogP contribution in [0.3, 0.4) is 0 Å². The summed E-state index contributed by atoms with van der Waals surface area (Å²) in [6.07, 6.45) is 5.82. The number of fused-ring (bicyclic) bond motifs is 2. The lowest BCUT2D eigenvalue weighted by atomic mass is 10.1. The molecule has 0 bridgehead atoms. The fourth-order valence-corrected chi connectivity index (χ4v) is 3.58. The number of hydrogen-bond acceptors (Lipinski definition) is 3. The molecule has 0 aliphatic rings. The molecule has 0 fully saturated rings. The van der Waals surface area contributed by atoms with Crippen molar-refractivity contribution in [3.05, 3.63) is 112 Å². The van der Waals surface area contributed by atoms with Crippen LogP contribution in [0.2, 0.25) is 0 Å². The first-order valence-electron chi connectivity index (χ1n) is 9.48. The molecule has 0 saturated carbocycles. The van der Waals surface area contributed by atoms with Crippen molar-refractivity contribution in [1.82, 2.24) is 9.55 Å². The highest BCUT2D eigenvalue weighted by Gasteiger charge is 2.08. The second kappa shape index (κ2) is 7.24. The Balaban J connectivity index is 1.55. The zero-order valence-corrected chi connectivity index (χ0v) is 15.7. The molecule has 4 heteroatoms. The van der Waals surface area contributed by atoms with Gasteiger partial charge in [-0.1, -0.05) is 60.7 Å². The van der Waals surface area contributed by atoms with Gasteiger partial charge in [-0.2, -0.15) is 4.98 Å². The molecular weight excluding hydrogens is 360 g/mol. The van der Waals surface area contributed by atoms with Crippen LogP contribution in [0.15, 0.2) is 94.3 Å². The summed E-state index contributed by atoms with van der Waals surface area (Å²) >= 11 is 0. The standard InChI is InChI=1S/C25H18N2O2/c28-25-21-11-5-7-13-23(21)29-24(26-25)15-14-19-17-27(16-18-8-2-1-3-9-18)22-12-6-4-10-20(19)22/h1-15,17H,16H2/b15-14+. The number of hydrogen-bond donors (Lipinski definition) is 0. The Labute approximate surface area is 167 Å². The minimum absolute atomic E-state index is 0.280. The molecule has 4 nitrogen and oxygen atoms in total. The molecule has 140 valence electrons. The fraction of sp³-hybridized carbons (Fsp3) is 0.0400. The van der Waals surface area contributed by atoms with E-state index in [1.807, 2.05) is 30.3 Å². The number of aromatic nitrogens is 2. The molecular formula is C25H18N2O2. The van der Waals surface area contributed by atoms with Crippen molar-refractivity contribution in [2.24, 2.45) is 0 Å². The lowest BCUT2D eigenvalue weighted by molar-refractivity contribution is 0.563. The Hall–Kier alpha value is -3.92. The predicted octanol–water partition coefficient (Wildman–Crippen LogP) is 5.36. The lowest BCUT2D eigenvalue weighted by Gasteiger charge is -2.05. The summed E-state index contributed by atoms with van der Waals surface area (Å²) in [5.41, 5.74) is 3.71. The van der Waals surface area contributed by atoms with E-state index in [0.29, 0.717) is 16.9 Å². The van der Waals surface area contributed by atoms with E-state index >= 15 is 0 Å². The fourth-order valence-electron chi connectivity index (χ4n) is 3.58. The zero-order valence-electron chi connectivity index (χ0n) is 15.7. The van der Waals surface area contributed by atoms with Crippen molar-refractivity contribution in [2.45, 2.75) is 6.54 Å². The molecule has 3 aromatic carbocycles. The highest BCUT2D eigenvalue weighted by Crippen LogP contribution is 2.24. The smallest absolute Gasteiger partial charge is 0.284 e. The largest absolute Gasteiger partial charge is 0.438 e. The van der Waals surface area contributed by atoms with Crippen LogP contribution in [-0.2, 0) is 6.54 Å². The van der Waals surface area contributed by atoms with Gasteiger partial charge in [-0.3, -0.25) is 4.79 Å². The Morgan fingerprint density at radius 1 is 0.828 bits per heavy atom. The van der Waals surface area contributed by atoms with Gasteiger partial charge in [-0.05, 0) is 29.8 Å². The Bertz CT molecular complexity index is 1400. The second-order valence-corrected chi connectivity index (χ2v) is 6.90. The third kappa shape index (κ3) is 3.36. The molecule has 0 saturated heterocycles. The van der Waals surface area contributed by atoms with Crippen LogP contribution >= 0.6 is 0 Å². The van der Waals surface area contributed by atoms with E-state index in [1.165, 1.54) is 5.56 Å². The van der Waals surface area contributed by atoms with Crippen LogP contribution in [0.25, 0.3) is 34.0 Å². The van der Waals surface area contributed by atoms with Crippen molar-refractivity contribution in [3.8, 4) is 0 Å². The second-order valence-electron chi connectivity index (χ2n) is 6.90. The van der Waals surface area contributed by atoms with Gasteiger partial charge >= 0.3 is 0 Å². The zero-order chi connectivity index (χ0) is 19.6. The highest BCUT2D eigenvalue weighted by atomic mass is 16.3. The molecule has 0 spiro atoms. The summed E-state index contributed by atoms with van der Waals surface area (Å²) in [4.78, 5) is 16.3. The molecule has 0 atom stereocenters. The van der Waals surface area contributed by atoms with Gasteiger partial charge in [0.05, 0.1) is 5.39 Å². The normalized spacial score (nSPS) is 11.6. The van der Waals surface area contributed by atoms with Crippen LogP contribution in [0.1, 0.15) is 17.0 Å². The minimum Gasteiger partial charge on any atom is -0.438 e. The maximum atomic E-state index is 12.2. The maximum Gasteiger partial charge on any atom is 0.284 e. The molecule has 0 aliphatic heterocycles. The van der Waals surface area contributed by atoms with Crippen LogP contribution in [0.4, 0.5) is 0 Å². The Morgan fingerprint density at radius 3 is 2.41 bits per heavy atom. The van der Waals surface area contributed by atoms with Crippen LogP contribution in [0, 0.1) is 0 Å². The van der Waals surface area contributed by atoms with E-state index in [4.69, 9.17) is 4.42 Å². The first kappa shape index (κ1) is 17.2. The lowest BCUT2D eigenvalue weighted by Crippen LogP contribution is -2.06. The topological polar surface area (TPSA) is 48.0 Å². The van der Waals surface area contributed by atoms with Crippen molar-refractivity contribution < 1.29 is 4.42 Å². The highest BCUT2D eigenvalue weighted by molar-refractivity contribution is 5.91. The number of para-hydroxylation sites is 2. The van der Waals surface area contributed by atoms with Gasteiger partial charge < -0.3 is 8.98 Å². The molecule has 2 aromatic heterocycles. The maximum absolute atomic E-state index is 12.2. The third-order valence-electron chi connectivity index (χ3n) is 4.96. The molecule has 5 aromatic rings. The quantitative estimate of drug-likeness (QED) is 0.423. The number of rotatable bonds is 4. The van der Waals surface area contributed by atoms with E-state index in [2.05, 4.69) is 52.1 Å². The minimum atomic E-state index is -0.280. The van der Waals surface area contributed by atoms with Gasteiger partial charge in [0.2, 0.25) is 5.89 Å². The van der Waals surface area contributed by atoms with Crippen LogP contribution < -0.4 is 5.56 Å². The van der Waals surface area contributed by atoms with E-state index in [1.54, 1.807) is 24.3 Å². The summed E-state index contributed by atoms with van der Waals surface area (Å²) in [5, 5.41) is 1.63. The first-order chi connectivity index (χ1) is 14.3. The van der Waals surface area contributed by atoms with Crippen molar-refractivity contribution in [1.29, 1.82) is 0 Å². The van der Waals surface area contributed by atoms with E-state index in [-0.39, 0.29) is 5.56 Å². The summed E-state index contributed by atoms with van der Waals surface area (Å²) in [6, 6.07) is 25.8. The molecule has 0 N–H and O–H groups in total. The molecule has 29 heavy (non-hydrogen) atoms. The van der Waals surface area contributed by atoms with Gasteiger partial charge in [0.25, 0.3) is 5.56 Å². The van der Waals surface area contributed by atoms with Gasteiger partial charge in [0.1, 0.15) is 5.58 Å². The summed E-state index contributed by atoms with van der Waals surface area (Å²) < 4.78 is 8.00. The number of benzene rings is 3. The molecule has 5 rings (SSSR count). The average molecular weight is 378 g/mol. The summed E-state index contributed by atoms with van der Waals surface area (Å²) in [6.45, 7) is 0.790. The van der Waals surface area contributed by atoms with Gasteiger partial charge in [0.15, 0.2) is 0 Å². The van der Waals surface area contributed by atoms with Gasteiger partial charge in [-0.25, -0.2) is 0 Å². The molecule has 2 heterocycles.